The van der Waals surface area contributed by atoms with Gasteiger partial charge in [-0.05, 0) is 43.9 Å². The summed E-state index contributed by atoms with van der Waals surface area (Å²) in [7, 11) is 0. The smallest absolute Gasteiger partial charge is 0.137 e. The lowest BCUT2D eigenvalue weighted by Crippen LogP contribution is -2.37. The Hall–Kier alpha value is -0.930. The summed E-state index contributed by atoms with van der Waals surface area (Å²) in [5.41, 5.74) is 1.12. The quantitative estimate of drug-likeness (QED) is 0.852. The van der Waals surface area contributed by atoms with E-state index in [1.807, 2.05) is 6.07 Å². The maximum absolute atomic E-state index is 12.0. The molecule has 0 N–H and O–H groups in total. The second-order valence-electron chi connectivity index (χ2n) is 5.61. The highest BCUT2D eigenvalue weighted by Gasteiger charge is 2.37. The molecule has 0 aromatic carbocycles. The standard InChI is InChI=1S/C15H19ClN2O/c16-13-9-17-7-6-11(13)10-18-8-2-4-14(18)12-3-1-5-15(12)19/h6-7,9,12,14H,1-5,8,10H2. The number of rotatable bonds is 3. The number of Topliss-reactive ketones (excluding diaryl/α,β-unsaturated/α-hetero) is 1. The van der Waals surface area contributed by atoms with Crippen molar-refractivity contribution in [2.24, 2.45) is 5.92 Å². The molecule has 1 saturated heterocycles. The van der Waals surface area contributed by atoms with Crippen LogP contribution in [0.3, 0.4) is 0 Å². The molecule has 1 aromatic heterocycles. The summed E-state index contributed by atoms with van der Waals surface area (Å²) in [4.78, 5) is 18.4. The van der Waals surface area contributed by atoms with Gasteiger partial charge < -0.3 is 0 Å². The number of aromatic nitrogens is 1. The van der Waals surface area contributed by atoms with Crippen molar-refractivity contribution < 1.29 is 4.79 Å². The number of pyridine rings is 1. The van der Waals surface area contributed by atoms with Crippen molar-refractivity contribution in [1.82, 2.24) is 9.88 Å². The highest BCUT2D eigenvalue weighted by Crippen LogP contribution is 2.34. The summed E-state index contributed by atoms with van der Waals surface area (Å²) in [6.45, 7) is 1.92. The van der Waals surface area contributed by atoms with Gasteiger partial charge >= 0.3 is 0 Å². The predicted octanol–water partition coefficient (Wildman–Crippen LogP) is 3.07. The Bertz CT molecular complexity index is 477. The van der Waals surface area contributed by atoms with E-state index in [2.05, 4.69) is 9.88 Å². The molecular weight excluding hydrogens is 260 g/mol. The molecule has 19 heavy (non-hydrogen) atoms. The lowest BCUT2D eigenvalue weighted by atomic mass is 9.95. The zero-order chi connectivity index (χ0) is 13.2. The van der Waals surface area contributed by atoms with Crippen LogP contribution in [-0.4, -0.2) is 28.3 Å². The first kappa shape index (κ1) is 13.1. The van der Waals surface area contributed by atoms with Crippen LogP contribution in [0.1, 0.15) is 37.7 Å². The van der Waals surface area contributed by atoms with Gasteiger partial charge in [-0.1, -0.05) is 11.6 Å². The molecule has 1 aliphatic heterocycles. The van der Waals surface area contributed by atoms with Crippen LogP contribution in [-0.2, 0) is 11.3 Å². The average molecular weight is 279 g/mol. The summed E-state index contributed by atoms with van der Waals surface area (Å²) in [6.07, 6.45) is 8.75. The third-order valence-electron chi connectivity index (χ3n) is 4.46. The van der Waals surface area contributed by atoms with Crippen LogP contribution >= 0.6 is 11.6 Å². The zero-order valence-corrected chi connectivity index (χ0v) is 11.8. The highest BCUT2D eigenvalue weighted by atomic mass is 35.5. The lowest BCUT2D eigenvalue weighted by molar-refractivity contribution is -0.122. The van der Waals surface area contributed by atoms with Gasteiger partial charge in [-0.2, -0.15) is 0 Å². The molecule has 0 spiro atoms. The van der Waals surface area contributed by atoms with Crippen LogP contribution in [0.2, 0.25) is 5.02 Å². The maximum atomic E-state index is 12.0. The van der Waals surface area contributed by atoms with Crippen LogP contribution in [0.4, 0.5) is 0 Å². The molecule has 1 aromatic rings. The number of carbonyl (C=O) groups excluding carboxylic acids is 1. The van der Waals surface area contributed by atoms with Crippen molar-refractivity contribution in [2.75, 3.05) is 6.54 Å². The summed E-state index contributed by atoms with van der Waals surface area (Å²) in [5, 5.41) is 0.728. The molecule has 2 atom stereocenters. The van der Waals surface area contributed by atoms with Crippen molar-refractivity contribution in [2.45, 2.75) is 44.7 Å². The van der Waals surface area contributed by atoms with E-state index in [9.17, 15) is 4.79 Å². The Morgan fingerprint density at radius 2 is 2.26 bits per heavy atom. The van der Waals surface area contributed by atoms with Gasteiger partial charge in [0, 0.05) is 37.3 Å². The molecular formula is C15H19ClN2O. The lowest BCUT2D eigenvalue weighted by Gasteiger charge is -2.28. The van der Waals surface area contributed by atoms with Crippen molar-refractivity contribution in [3.05, 3.63) is 29.0 Å². The second-order valence-corrected chi connectivity index (χ2v) is 6.02. The molecule has 2 aliphatic rings. The number of halogens is 1. The van der Waals surface area contributed by atoms with Crippen molar-refractivity contribution in [3.63, 3.8) is 0 Å². The topological polar surface area (TPSA) is 33.2 Å². The van der Waals surface area contributed by atoms with Gasteiger partial charge in [0.1, 0.15) is 5.78 Å². The molecule has 0 radical (unpaired) electrons. The SMILES string of the molecule is O=C1CCCC1C1CCCN1Cc1ccncc1Cl. The van der Waals surface area contributed by atoms with Crippen molar-refractivity contribution >= 4 is 17.4 Å². The molecule has 102 valence electrons. The zero-order valence-electron chi connectivity index (χ0n) is 11.0. The number of likely N-dealkylation sites (tertiary alicyclic amines) is 1. The van der Waals surface area contributed by atoms with Gasteiger partial charge in [-0.15, -0.1) is 0 Å². The van der Waals surface area contributed by atoms with E-state index < -0.39 is 0 Å². The van der Waals surface area contributed by atoms with Crippen LogP contribution in [0.15, 0.2) is 18.5 Å². The van der Waals surface area contributed by atoms with Crippen LogP contribution in [0.25, 0.3) is 0 Å². The molecule has 3 nitrogen and oxygen atoms in total. The minimum Gasteiger partial charge on any atom is -0.299 e. The molecule has 3 rings (SSSR count). The molecule has 2 heterocycles. The highest BCUT2D eigenvalue weighted by molar-refractivity contribution is 6.31. The minimum atomic E-state index is 0.267. The van der Waals surface area contributed by atoms with Crippen LogP contribution in [0, 0.1) is 5.92 Å². The summed E-state index contributed by atoms with van der Waals surface area (Å²) >= 11 is 6.18. The number of carbonyl (C=O) groups is 1. The fraction of sp³-hybridized carbons (Fsp3) is 0.600. The van der Waals surface area contributed by atoms with E-state index >= 15 is 0 Å². The van der Waals surface area contributed by atoms with Gasteiger partial charge in [0.05, 0.1) is 5.02 Å². The van der Waals surface area contributed by atoms with Crippen molar-refractivity contribution in [3.8, 4) is 0 Å². The predicted molar refractivity (Wildman–Crippen MR) is 75.0 cm³/mol. The maximum Gasteiger partial charge on any atom is 0.137 e. The summed E-state index contributed by atoms with van der Waals surface area (Å²) < 4.78 is 0. The van der Waals surface area contributed by atoms with Gasteiger partial charge in [-0.3, -0.25) is 14.7 Å². The van der Waals surface area contributed by atoms with Crippen molar-refractivity contribution in [1.29, 1.82) is 0 Å². The minimum absolute atomic E-state index is 0.267. The largest absolute Gasteiger partial charge is 0.299 e. The Balaban J connectivity index is 1.73. The molecule has 2 unspecified atom stereocenters. The molecule has 1 saturated carbocycles. The number of hydrogen-bond acceptors (Lipinski definition) is 3. The number of nitrogens with zero attached hydrogens (tertiary/aromatic N) is 2. The Labute approximate surface area is 119 Å². The van der Waals surface area contributed by atoms with E-state index in [1.165, 1.54) is 6.42 Å². The van der Waals surface area contributed by atoms with E-state index in [0.29, 0.717) is 11.8 Å². The van der Waals surface area contributed by atoms with E-state index in [-0.39, 0.29) is 5.92 Å². The first-order chi connectivity index (χ1) is 9.25. The Morgan fingerprint density at radius 3 is 3.00 bits per heavy atom. The monoisotopic (exact) mass is 278 g/mol. The Kier molecular flexibility index (Phi) is 3.85. The third kappa shape index (κ3) is 2.67. The second kappa shape index (κ2) is 5.59. The average Bonchev–Trinajstić information content (AvgIpc) is 3.01. The first-order valence-corrected chi connectivity index (χ1v) is 7.48. The van der Waals surface area contributed by atoms with E-state index in [1.54, 1.807) is 12.4 Å². The van der Waals surface area contributed by atoms with Crippen LogP contribution in [0.5, 0.6) is 0 Å². The van der Waals surface area contributed by atoms with E-state index in [0.717, 1.165) is 49.4 Å². The molecule has 4 heteroatoms. The molecule has 0 bridgehead atoms. The summed E-state index contributed by atoms with van der Waals surface area (Å²) in [6, 6.07) is 2.41. The van der Waals surface area contributed by atoms with Gasteiger partial charge in [0.2, 0.25) is 0 Å². The fourth-order valence-electron chi connectivity index (χ4n) is 3.50. The number of hydrogen-bond donors (Lipinski definition) is 0. The van der Waals surface area contributed by atoms with Gasteiger partial charge in [0.15, 0.2) is 0 Å². The molecule has 1 aliphatic carbocycles. The first-order valence-electron chi connectivity index (χ1n) is 7.11. The van der Waals surface area contributed by atoms with E-state index in [4.69, 9.17) is 11.6 Å². The summed E-state index contributed by atoms with van der Waals surface area (Å²) in [5.74, 6) is 0.737. The van der Waals surface area contributed by atoms with Gasteiger partial charge in [-0.25, -0.2) is 0 Å². The number of ketones is 1. The molecule has 0 amide bonds. The van der Waals surface area contributed by atoms with Crippen LogP contribution < -0.4 is 0 Å². The van der Waals surface area contributed by atoms with Gasteiger partial charge in [0.25, 0.3) is 0 Å². The Morgan fingerprint density at radius 1 is 1.37 bits per heavy atom. The third-order valence-corrected chi connectivity index (χ3v) is 4.80. The normalized spacial score (nSPS) is 28.2. The molecule has 2 fully saturated rings. The fourth-order valence-corrected chi connectivity index (χ4v) is 3.68.